The zero-order valence-corrected chi connectivity index (χ0v) is 16.8. The highest BCUT2D eigenvalue weighted by molar-refractivity contribution is 6.03. The number of hydrogen-bond acceptors (Lipinski definition) is 7. The summed E-state index contributed by atoms with van der Waals surface area (Å²) in [5.74, 6) is 2.00. The topological polar surface area (TPSA) is 87.6 Å². The van der Waals surface area contributed by atoms with Gasteiger partial charge in [0.1, 0.15) is 11.5 Å². The van der Waals surface area contributed by atoms with Crippen molar-refractivity contribution in [3.05, 3.63) is 41.5 Å². The van der Waals surface area contributed by atoms with Crippen molar-refractivity contribution in [2.45, 2.75) is 6.92 Å². The number of hydrazone groups is 1. The molecule has 150 valence electrons. The van der Waals surface area contributed by atoms with E-state index in [-0.39, 0.29) is 0 Å². The summed E-state index contributed by atoms with van der Waals surface area (Å²) in [7, 11) is 7.60. The molecule has 0 spiro atoms. The maximum absolute atomic E-state index is 12.6. The van der Waals surface area contributed by atoms with Crippen LogP contribution in [-0.2, 0) is 0 Å². The summed E-state index contributed by atoms with van der Waals surface area (Å²) in [6, 6.07) is 8.43. The van der Waals surface area contributed by atoms with Gasteiger partial charge in [0.2, 0.25) is 5.75 Å². The molecule has 0 saturated heterocycles. The van der Waals surface area contributed by atoms with Crippen LogP contribution in [0.4, 0.5) is 0 Å². The smallest absolute Gasteiger partial charge is 0.271 e. The molecule has 0 saturated carbocycles. The van der Waals surface area contributed by atoms with Gasteiger partial charge >= 0.3 is 0 Å². The van der Waals surface area contributed by atoms with E-state index in [4.69, 9.17) is 23.7 Å². The zero-order valence-electron chi connectivity index (χ0n) is 16.8. The highest BCUT2D eigenvalue weighted by Gasteiger charge is 2.17. The van der Waals surface area contributed by atoms with Crippen LogP contribution in [0.1, 0.15) is 22.8 Å². The summed E-state index contributed by atoms with van der Waals surface area (Å²) < 4.78 is 26.4. The Kier molecular flexibility index (Phi) is 7.08. The monoisotopic (exact) mass is 388 g/mol. The standard InChI is InChI=1S/C20H24N2O6/c1-12(15-11-14(24-2)7-8-16(15)25-3)21-22-20(23)13-9-17(26-4)19(28-6)18(10-13)27-5/h7-11H,1-6H3,(H,22,23)/b21-12-. The van der Waals surface area contributed by atoms with Gasteiger partial charge in [-0.2, -0.15) is 5.10 Å². The molecule has 0 bridgehead atoms. The Balaban J connectivity index is 2.30. The molecule has 8 nitrogen and oxygen atoms in total. The lowest BCUT2D eigenvalue weighted by atomic mass is 10.1. The second kappa shape index (κ2) is 9.50. The van der Waals surface area contributed by atoms with Gasteiger partial charge in [-0.05, 0) is 37.3 Å². The Morgan fingerprint density at radius 1 is 0.821 bits per heavy atom. The first kappa shape index (κ1) is 20.9. The fourth-order valence-electron chi connectivity index (χ4n) is 2.57. The first-order valence-corrected chi connectivity index (χ1v) is 8.36. The van der Waals surface area contributed by atoms with Crippen molar-refractivity contribution in [2.75, 3.05) is 35.5 Å². The minimum Gasteiger partial charge on any atom is -0.497 e. The second-order valence-corrected chi connectivity index (χ2v) is 5.62. The summed E-state index contributed by atoms with van der Waals surface area (Å²) in [5.41, 5.74) is 4.09. The maximum atomic E-state index is 12.6. The summed E-state index contributed by atoms with van der Waals surface area (Å²) >= 11 is 0. The zero-order chi connectivity index (χ0) is 20.7. The van der Waals surface area contributed by atoms with Crippen molar-refractivity contribution in [1.82, 2.24) is 5.43 Å². The number of carbonyl (C=O) groups is 1. The molecule has 2 aromatic rings. The molecule has 0 aliphatic rings. The van der Waals surface area contributed by atoms with Crippen LogP contribution in [0.2, 0.25) is 0 Å². The molecule has 0 heterocycles. The van der Waals surface area contributed by atoms with Gasteiger partial charge in [-0.3, -0.25) is 4.79 Å². The van der Waals surface area contributed by atoms with Crippen LogP contribution in [0.3, 0.4) is 0 Å². The van der Waals surface area contributed by atoms with Crippen molar-refractivity contribution in [3.63, 3.8) is 0 Å². The van der Waals surface area contributed by atoms with E-state index in [1.807, 2.05) is 0 Å². The van der Waals surface area contributed by atoms with E-state index in [1.54, 1.807) is 51.5 Å². The summed E-state index contributed by atoms with van der Waals surface area (Å²) in [5, 5.41) is 4.18. The van der Waals surface area contributed by atoms with E-state index < -0.39 is 5.91 Å². The number of carbonyl (C=O) groups excluding carboxylic acids is 1. The number of nitrogens with zero attached hydrogens (tertiary/aromatic N) is 1. The lowest BCUT2D eigenvalue weighted by Gasteiger charge is -2.13. The summed E-state index contributed by atoms with van der Waals surface area (Å²) in [6.07, 6.45) is 0. The molecule has 0 aromatic heterocycles. The Morgan fingerprint density at radius 2 is 1.43 bits per heavy atom. The van der Waals surface area contributed by atoms with Crippen molar-refractivity contribution < 1.29 is 28.5 Å². The van der Waals surface area contributed by atoms with Crippen LogP contribution in [0.25, 0.3) is 0 Å². The molecular formula is C20H24N2O6. The average Bonchev–Trinajstić information content (AvgIpc) is 2.75. The van der Waals surface area contributed by atoms with Gasteiger partial charge in [0.15, 0.2) is 11.5 Å². The Labute approximate surface area is 164 Å². The quantitative estimate of drug-likeness (QED) is 0.553. The van der Waals surface area contributed by atoms with E-state index >= 15 is 0 Å². The van der Waals surface area contributed by atoms with Crippen LogP contribution in [0.15, 0.2) is 35.4 Å². The number of benzene rings is 2. The fraction of sp³-hybridized carbons (Fsp3) is 0.300. The molecule has 0 atom stereocenters. The van der Waals surface area contributed by atoms with Crippen molar-refractivity contribution >= 4 is 11.6 Å². The third-order valence-electron chi connectivity index (χ3n) is 4.05. The predicted octanol–water partition coefficient (Wildman–Crippen LogP) is 2.88. The molecule has 0 fully saturated rings. The van der Waals surface area contributed by atoms with E-state index in [9.17, 15) is 4.79 Å². The number of amides is 1. The molecule has 2 rings (SSSR count). The van der Waals surface area contributed by atoms with Gasteiger partial charge in [-0.15, -0.1) is 0 Å². The molecule has 0 radical (unpaired) electrons. The van der Waals surface area contributed by atoms with Crippen molar-refractivity contribution in [3.8, 4) is 28.7 Å². The van der Waals surface area contributed by atoms with E-state index in [0.29, 0.717) is 45.6 Å². The molecule has 0 aliphatic heterocycles. The van der Waals surface area contributed by atoms with E-state index in [0.717, 1.165) is 0 Å². The normalized spacial score (nSPS) is 10.9. The van der Waals surface area contributed by atoms with Crippen LogP contribution < -0.4 is 29.1 Å². The molecular weight excluding hydrogens is 364 g/mol. The van der Waals surface area contributed by atoms with Gasteiger partial charge in [0.05, 0.1) is 41.3 Å². The number of methoxy groups -OCH3 is 5. The van der Waals surface area contributed by atoms with Gasteiger partial charge in [-0.25, -0.2) is 5.43 Å². The fourth-order valence-corrected chi connectivity index (χ4v) is 2.57. The van der Waals surface area contributed by atoms with Crippen LogP contribution in [0.5, 0.6) is 28.7 Å². The maximum Gasteiger partial charge on any atom is 0.271 e. The second-order valence-electron chi connectivity index (χ2n) is 5.62. The van der Waals surface area contributed by atoms with E-state index in [2.05, 4.69) is 10.5 Å². The van der Waals surface area contributed by atoms with Crippen molar-refractivity contribution in [1.29, 1.82) is 0 Å². The Hall–Kier alpha value is -3.42. The van der Waals surface area contributed by atoms with Crippen LogP contribution >= 0.6 is 0 Å². The first-order chi connectivity index (χ1) is 13.5. The highest BCUT2D eigenvalue weighted by Crippen LogP contribution is 2.38. The largest absolute Gasteiger partial charge is 0.497 e. The first-order valence-electron chi connectivity index (χ1n) is 8.36. The highest BCUT2D eigenvalue weighted by atomic mass is 16.5. The lowest BCUT2D eigenvalue weighted by Crippen LogP contribution is -2.20. The Bertz CT molecular complexity index is 854. The minimum atomic E-state index is -0.430. The number of hydrogen-bond donors (Lipinski definition) is 1. The molecule has 0 aliphatic carbocycles. The third-order valence-corrected chi connectivity index (χ3v) is 4.05. The number of nitrogens with one attached hydrogen (secondary N) is 1. The Morgan fingerprint density at radius 3 is 1.93 bits per heavy atom. The van der Waals surface area contributed by atoms with Gasteiger partial charge < -0.3 is 23.7 Å². The van der Waals surface area contributed by atoms with Crippen molar-refractivity contribution in [2.24, 2.45) is 5.10 Å². The summed E-state index contributed by atoms with van der Waals surface area (Å²) in [6.45, 7) is 1.76. The average molecular weight is 388 g/mol. The molecule has 1 amide bonds. The SMILES string of the molecule is COc1ccc(OC)c(/C(C)=N\NC(=O)c2cc(OC)c(OC)c(OC)c2)c1. The van der Waals surface area contributed by atoms with Gasteiger partial charge in [0, 0.05) is 11.1 Å². The molecule has 0 unspecified atom stereocenters. The number of ether oxygens (including phenoxy) is 5. The minimum absolute atomic E-state index is 0.309. The lowest BCUT2D eigenvalue weighted by molar-refractivity contribution is 0.0954. The van der Waals surface area contributed by atoms with Crippen LogP contribution in [0, 0.1) is 0 Å². The van der Waals surface area contributed by atoms with E-state index in [1.165, 1.54) is 21.3 Å². The predicted molar refractivity (Wildman–Crippen MR) is 105 cm³/mol. The molecule has 28 heavy (non-hydrogen) atoms. The summed E-state index contributed by atoms with van der Waals surface area (Å²) in [4.78, 5) is 12.6. The van der Waals surface area contributed by atoms with Crippen LogP contribution in [-0.4, -0.2) is 47.2 Å². The number of rotatable bonds is 8. The van der Waals surface area contributed by atoms with Gasteiger partial charge in [-0.1, -0.05) is 0 Å². The third kappa shape index (κ3) is 4.46. The van der Waals surface area contributed by atoms with Gasteiger partial charge in [0.25, 0.3) is 5.91 Å². The molecule has 1 N–H and O–H groups in total. The molecule has 8 heteroatoms. The molecule has 2 aromatic carbocycles.